The molecule has 1 heterocycles. The highest BCUT2D eigenvalue weighted by atomic mass is 16.6. The van der Waals surface area contributed by atoms with Gasteiger partial charge in [0.1, 0.15) is 23.0 Å². The summed E-state index contributed by atoms with van der Waals surface area (Å²) in [6.45, 7) is 0. The molecular formula is C32H28O6. The zero-order valence-corrected chi connectivity index (χ0v) is 21.7. The molecule has 0 amide bonds. The lowest BCUT2D eigenvalue weighted by Crippen LogP contribution is -2.10. The Bertz CT molecular complexity index is 1220. The number of benzene rings is 4. The van der Waals surface area contributed by atoms with Gasteiger partial charge in [0, 0.05) is 22.3 Å². The molecule has 0 aromatic heterocycles. The fraction of sp³-hybridized carbons (Fsp3) is 0.125. The van der Waals surface area contributed by atoms with Gasteiger partial charge in [0.2, 0.25) is 0 Å². The molecule has 0 saturated carbocycles. The summed E-state index contributed by atoms with van der Waals surface area (Å²) in [4.78, 5) is 0. The van der Waals surface area contributed by atoms with Crippen molar-refractivity contribution in [2.45, 2.75) is 0 Å². The molecule has 6 heteroatoms. The maximum atomic E-state index is 6.74. The summed E-state index contributed by atoms with van der Waals surface area (Å²) in [5.74, 6) is 5.34. The van der Waals surface area contributed by atoms with E-state index in [1.165, 1.54) is 0 Å². The van der Waals surface area contributed by atoms with Crippen LogP contribution in [-0.4, -0.2) is 28.4 Å². The Morgan fingerprint density at radius 1 is 0.316 bits per heavy atom. The second kappa shape index (κ2) is 11.0. The third-order valence-electron chi connectivity index (χ3n) is 6.23. The van der Waals surface area contributed by atoms with Crippen LogP contribution in [0.4, 0.5) is 0 Å². The van der Waals surface area contributed by atoms with Crippen LogP contribution in [-0.2, 0) is 9.47 Å². The van der Waals surface area contributed by atoms with Gasteiger partial charge >= 0.3 is 0 Å². The monoisotopic (exact) mass is 508 g/mol. The summed E-state index contributed by atoms with van der Waals surface area (Å²) < 4.78 is 35.0. The average molecular weight is 509 g/mol. The van der Waals surface area contributed by atoms with Crippen molar-refractivity contribution in [1.29, 1.82) is 0 Å². The van der Waals surface area contributed by atoms with Crippen LogP contribution in [0.25, 0.3) is 23.0 Å². The Labute approximate surface area is 222 Å². The third kappa shape index (κ3) is 5.02. The highest BCUT2D eigenvalue weighted by Crippen LogP contribution is 2.44. The maximum absolute atomic E-state index is 6.74. The molecule has 1 aliphatic heterocycles. The molecule has 6 nitrogen and oxygen atoms in total. The maximum Gasteiger partial charge on any atom is 0.178 e. The Kier molecular flexibility index (Phi) is 7.22. The lowest BCUT2D eigenvalue weighted by Gasteiger charge is -2.27. The van der Waals surface area contributed by atoms with E-state index in [-0.39, 0.29) is 0 Å². The molecule has 0 N–H and O–H groups in total. The molecule has 0 unspecified atom stereocenters. The molecule has 5 rings (SSSR count). The van der Waals surface area contributed by atoms with E-state index < -0.39 is 0 Å². The van der Waals surface area contributed by atoms with E-state index in [1.807, 2.05) is 97.1 Å². The summed E-state index contributed by atoms with van der Waals surface area (Å²) in [6.07, 6.45) is 0. The quantitative estimate of drug-likeness (QED) is 0.253. The van der Waals surface area contributed by atoms with Crippen LogP contribution in [0.1, 0.15) is 22.3 Å². The van der Waals surface area contributed by atoms with Gasteiger partial charge in [-0.25, -0.2) is 0 Å². The topological polar surface area (TPSA) is 55.4 Å². The largest absolute Gasteiger partial charge is 0.497 e. The van der Waals surface area contributed by atoms with E-state index in [9.17, 15) is 0 Å². The normalized spacial score (nSPS) is 12.9. The Morgan fingerprint density at radius 2 is 0.500 bits per heavy atom. The van der Waals surface area contributed by atoms with Crippen molar-refractivity contribution in [1.82, 2.24) is 0 Å². The predicted octanol–water partition coefficient (Wildman–Crippen LogP) is 7.12. The van der Waals surface area contributed by atoms with Gasteiger partial charge in [-0.05, 0) is 97.1 Å². The lowest BCUT2D eigenvalue weighted by molar-refractivity contribution is 0.380. The summed E-state index contributed by atoms with van der Waals surface area (Å²) in [7, 11) is 6.57. The van der Waals surface area contributed by atoms with Gasteiger partial charge < -0.3 is 28.4 Å². The van der Waals surface area contributed by atoms with E-state index in [1.54, 1.807) is 28.4 Å². The van der Waals surface area contributed by atoms with Crippen molar-refractivity contribution in [3.8, 4) is 23.0 Å². The standard InChI is InChI=1S/C32H28O6/c1-33-25-13-5-21(6-14-25)29-30(22-7-15-26(34-2)16-8-22)38-32(24-11-19-28(36-4)20-12-24)31(37-29)23-9-17-27(35-3)18-10-23/h5-20H,1-4H3. The van der Waals surface area contributed by atoms with Crippen molar-refractivity contribution in [3.63, 3.8) is 0 Å². The molecule has 0 saturated heterocycles. The molecular weight excluding hydrogens is 480 g/mol. The third-order valence-corrected chi connectivity index (χ3v) is 6.23. The number of ether oxygens (including phenoxy) is 6. The lowest BCUT2D eigenvalue weighted by atomic mass is 10.0. The zero-order chi connectivity index (χ0) is 26.5. The second-order valence-electron chi connectivity index (χ2n) is 8.43. The molecule has 0 atom stereocenters. The smallest absolute Gasteiger partial charge is 0.178 e. The highest BCUT2D eigenvalue weighted by Gasteiger charge is 2.29. The van der Waals surface area contributed by atoms with Crippen LogP contribution in [0.5, 0.6) is 23.0 Å². The SMILES string of the molecule is COc1ccc(C2=C(c3ccc(OC)cc3)OC(c3ccc(OC)cc3)=C(c3ccc(OC)cc3)O2)cc1. The van der Waals surface area contributed by atoms with Gasteiger partial charge in [0.05, 0.1) is 28.4 Å². The Morgan fingerprint density at radius 3 is 0.658 bits per heavy atom. The fourth-order valence-electron chi connectivity index (χ4n) is 4.12. The first-order valence-corrected chi connectivity index (χ1v) is 12.1. The number of rotatable bonds is 8. The Balaban J connectivity index is 1.68. The molecule has 0 radical (unpaired) electrons. The second-order valence-corrected chi connectivity index (χ2v) is 8.43. The number of hydrogen-bond donors (Lipinski definition) is 0. The van der Waals surface area contributed by atoms with Crippen molar-refractivity contribution in [2.75, 3.05) is 28.4 Å². The van der Waals surface area contributed by atoms with E-state index in [2.05, 4.69) is 0 Å². The van der Waals surface area contributed by atoms with Gasteiger partial charge in [0.25, 0.3) is 0 Å². The average Bonchev–Trinajstić information content (AvgIpc) is 3.00. The van der Waals surface area contributed by atoms with Crippen molar-refractivity contribution in [2.24, 2.45) is 0 Å². The van der Waals surface area contributed by atoms with Crippen LogP contribution in [0, 0.1) is 0 Å². The summed E-state index contributed by atoms with van der Waals surface area (Å²) in [5.41, 5.74) is 3.38. The van der Waals surface area contributed by atoms with Gasteiger partial charge in [-0.3, -0.25) is 0 Å². The van der Waals surface area contributed by atoms with Gasteiger partial charge in [-0.15, -0.1) is 0 Å². The van der Waals surface area contributed by atoms with E-state index >= 15 is 0 Å². The number of hydrogen-bond acceptors (Lipinski definition) is 6. The number of methoxy groups -OCH3 is 4. The minimum absolute atomic E-state index is 0.584. The molecule has 0 fully saturated rings. The first-order chi connectivity index (χ1) is 18.6. The summed E-state index contributed by atoms with van der Waals surface area (Å²) in [6, 6.07) is 30.8. The molecule has 38 heavy (non-hydrogen) atoms. The first kappa shape index (κ1) is 24.8. The van der Waals surface area contributed by atoms with Crippen LogP contribution in [0.3, 0.4) is 0 Å². The molecule has 0 bridgehead atoms. The van der Waals surface area contributed by atoms with E-state index in [4.69, 9.17) is 28.4 Å². The first-order valence-electron chi connectivity index (χ1n) is 12.1. The van der Waals surface area contributed by atoms with Crippen molar-refractivity contribution in [3.05, 3.63) is 119 Å². The minimum atomic E-state index is 0.584. The van der Waals surface area contributed by atoms with Crippen LogP contribution >= 0.6 is 0 Å². The molecule has 4 aromatic rings. The van der Waals surface area contributed by atoms with Gasteiger partial charge in [0.15, 0.2) is 23.0 Å². The van der Waals surface area contributed by atoms with Crippen LogP contribution in [0.15, 0.2) is 97.1 Å². The summed E-state index contributed by atoms with van der Waals surface area (Å²) in [5, 5.41) is 0. The molecule has 1 aliphatic rings. The fourth-order valence-corrected chi connectivity index (χ4v) is 4.12. The molecule has 4 aromatic carbocycles. The minimum Gasteiger partial charge on any atom is -0.497 e. The van der Waals surface area contributed by atoms with Crippen LogP contribution < -0.4 is 18.9 Å². The Hall–Kier alpha value is -4.84. The van der Waals surface area contributed by atoms with Gasteiger partial charge in [-0.2, -0.15) is 0 Å². The van der Waals surface area contributed by atoms with E-state index in [0.29, 0.717) is 23.0 Å². The van der Waals surface area contributed by atoms with Crippen molar-refractivity contribution < 1.29 is 28.4 Å². The predicted molar refractivity (Wildman–Crippen MR) is 148 cm³/mol. The van der Waals surface area contributed by atoms with E-state index in [0.717, 1.165) is 45.3 Å². The van der Waals surface area contributed by atoms with Gasteiger partial charge in [-0.1, -0.05) is 0 Å². The van der Waals surface area contributed by atoms with Crippen LogP contribution in [0.2, 0.25) is 0 Å². The zero-order valence-electron chi connectivity index (χ0n) is 21.7. The molecule has 192 valence electrons. The van der Waals surface area contributed by atoms with Crippen molar-refractivity contribution >= 4 is 23.0 Å². The summed E-state index contributed by atoms with van der Waals surface area (Å²) >= 11 is 0. The molecule has 0 aliphatic carbocycles. The highest BCUT2D eigenvalue weighted by molar-refractivity contribution is 5.97. The molecule has 0 spiro atoms.